The molecule has 1 aliphatic heterocycles. The number of amides is 1. The number of carbonyl (C=O) groups excluding carboxylic acids is 1. The number of carbonyl (C=O) groups is 1. The minimum absolute atomic E-state index is 0.0709. The summed E-state index contributed by atoms with van der Waals surface area (Å²) in [7, 11) is 3.32. The molecule has 0 spiro atoms. The second-order valence-electron chi connectivity index (χ2n) is 5.16. The van der Waals surface area contributed by atoms with Gasteiger partial charge in [0.15, 0.2) is 0 Å². The molecule has 1 saturated heterocycles. The van der Waals surface area contributed by atoms with Crippen LogP contribution in [0.2, 0.25) is 0 Å². The van der Waals surface area contributed by atoms with E-state index in [0.717, 1.165) is 32.4 Å². The molecule has 0 aliphatic carbocycles. The van der Waals surface area contributed by atoms with Crippen molar-refractivity contribution in [3.8, 4) is 0 Å². The maximum Gasteiger partial charge on any atom is 0.406 e. The predicted molar refractivity (Wildman–Crippen MR) is 70.7 cm³/mol. The van der Waals surface area contributed by atoms with Crippen molar-refractivity contribution < 1.29 is 14.3 Å². The van der Waals surface area contributed by atoms with Crippen LogP contribution in [0.25, 0.3) is 0 Å². The summed E-state index contributed by atoms with van der Waals surface area (Å²) >= 11 is 0. The van der Waals surface area contributed by atoms with E-state index in [1.807, 2.05) is 0 Å². The average Bonchev–Trinajstić information content (AvgIpc) is 2.65. The van der Waals surface area contributed by atoms with Crippen LogP contribution in [0.4, 0.5) is 4.79 Å². The van der Waals surface area contributed by atoms with Crippen molar-refractivity contribution in [1.82, 2.24) is 10.2 Å². The Morgan fingerprint density at radius 3 is 2.83 bits per heavy atom. The maximum absolute atomic E-state index is 11.1. The van der Waals surface area contributed by atoms with Gasteiger partial charge in [0.25, 0.3) is 0 Å². The molecule has 1 rings (SSSR count). The summed E-state index contributed by atoms with van der Waals surface area (Å²) in [5.41, 5.74) is 0.0709. The molecule has 1 aliphatic rings. The molecule has 1 N–H and O–H groups in total. The quantitative estimate of drug-likeness (QED) is 0.786. The van der Waals surface area contributed by atoms with Crippen molar-refractivity contribution in [3.05, 3.63) is 0 Å². The van der Waals surface area contributed by atoms with Gasteiger partial charge in [0.1, 0.15) is 6.61 Å². The SMILES string of the molecule is CCCN1[C@@H](COC(=O)NC)CC[C@]1(C)COC. The van der Waals surface area contributed by atoms with E-state index in [4.69, 9.17) is 9.47 Å². The minimum Gasteiger partial charge on any atom is -0.448 e. The Balaban J connectivity index is 2.60. The van der Waals surface area contributed by atoms with Crippen molar-refractivity contribution >= 4 is 6.09 Å². The fourth-order valence-corrected chi connectivity index (χ4v) is 2.79. The Hall–Kier alpha value is -0.810. The number of nitrogens with zero attached hydrogens (tertiary/aromatic N) is 1. The van der Waals surface area contributed by atoms with E-state index >= 15 is 0 Å². The van der Waals surface area contributed by atoms with Crippen LogP contribution in [-0.2, 0) is 9.47 Å². The van der Waals surface area contributed by atoms with Crippen molar-refractivity contribution in [2.24, 2.45) is 0 Å². The minimum atomic E-state index is -0.355. The molecule has 0 aromatic heterocycles. The number of hydrogen-bond acceptors (Lipinski definition) is 4. The Morgan fingerprint density at radius 2 is 2.28 bits per heavy atom. The van der Waals surface area contributed by atoms with Gasteiger partial charge in [0.2, 0.25) is 0 Å². The summed E-state index contributed by atoms with van der Waals surface area (Å²) in [5.74, 6) is 0. The van der Waals surface area contributed by atoms with Gasteiger partial charge < -0.3 is 14.8 Å². The summed E-state index contributed by atoms with van der Waals surface area (Å²) in [4.78, 5) is 13.6. The van der Waals surface area contributed by atoms with Crippen LogP contribution >= 0.6 is 0 Å². The second-order valence-corrected chi connectivity index (χ2v) is 5.16. The van der Waals surface area contributed by atoms with Crippen molar-refractivity contribution in [2.45, 2.75) is 44.7 Å². The number of methoxy groups -OCH3 is 1. The molecule has 5 heteroatoms. The molecule has 1 fully saturated rings. The summed E-state index contributed by atoms with van der Waals surface area (Å²) in [5, 5.41) is 2.48. The molecular weight excluding hydrogens is 232 g/mol. The fraction of sp³-hybridized carbons (Fsp3) is 0.923. The molecule has 0 aromatic rings. The first-order valence-corrected chi connectivity index (χ1v) is 6.67. The van der Waals surface area contributed by atoms with Crippen LogP contribution in [0.3, 0.4) is 0 Å². The normalized spacial score (nSPS) is 28.3. The van der Waals surface area contributed by atoms with E-state index in [-0.39, 0.29) is 11.6 Å². The molecule has 106 valence electrons. The Morgan fingerprint density at radius 1 is 1.56 bits per heavy atom. The van der Waals surface area contributed by atoms with E-state index < -0.39 is 0 Å². The van der Waals surface area contributed by atoms with Crippen LogP contribution in [0.1, 0.15) is 33.1 Å². The first kappa shape index (κ1) is 15.2. The third-order valence-electron chi connectivity index (χ3n) is 3.68. The lowest BCUT2D eigenvalue weighted by molar-refractivity contribution is 0.0159. The zero-order chi connectivity index (χ0) is 13.6. The predicted octanol–water partition coefficient (Wildman–Crippen LogP) is 1.62. The molecule has 0 radical (unpaired) electrons. The van der Waals surface area contributed by atoms with Gasteiger partial charge in [0.05, 0.1) is 6.61 Å². The van der Waals surface area contributed by atoms with E-state index in [1.165, 1.54) is 0 Å². The van der Waals surface area contributed by atoms with Crippen molar-refractivity contribution in [1.29, 1.82) is 0 Å². The summed E-state index contributed by atoms with van der Waals surface area (Å²) < 4.78 is 10.5. The topological polar surface area (TPSA) is 50.8 Å². The van der Waals surface area contributed by atoms with Crippen molar-refractivity contribution in [3.63, 3.8) is 0 Å². The summed E-state index contributed by atoms with van der Waals surface area (Å²) in [6.45, 7) is 6.60. The Kier molecular flexibility index (Phi) is 5.88. The fourth-order valence-electron chi connectivity index (χ4n) is 2.79. The molecular formula is C13H26N2O3. The zero-order valence-corrected chi connectivity index (χ0v) is 12.0. The first-order valence-electron chi connectivity index (χ1n) is 6.67. The van der Waals surface area contributed by atoms with Gasteiger partial charge in [-0.2, -0.15) is 0 Å². The number of alkyl carbamates (subject to hydrolysis) is 1. The summed E-state index contributed by atoms with van der Waals surface area (Å²) in [6, 6.07) is 0.308. The third-order valence-corrected chi connectivity index (χ3v) is 3.68. The van der Waals surface area contributed by atoms with Crippen molar-refractivity contribution in [2.75, 3.05) is 33.9 Å². The van der Waals surface area contributed by atoms with Crippen LogP contribution in [0.15, 0.2) is 0 Å². The maximum atomic E-state index is 11.1. The van der Waals surface area contributed by atoms with E-state index in [0.29, 0.717) is 12.6 Å². The van der Waals surface area contributed by atoms with Gasteiger partial charge in [-0.15, -0.1) is 0 Å². The highest BCUT2D eigenvalue weighted by molar-refractivity contribution is 5.66. The highest BCUT2D eigenvalue weighted by atomic mass is 16.5. The van der Waals surface area contributed by atoms with E-state index in [1.54, 1.807) is 14.2 Å². The molecule has 5 nitrogen and oxygen atoms in total. The lowest BCUT2D eigenvalue weighted by Crippen LogP contribution is -2.50. The average molecular weight is 258 g/mol. The third kappa shape index (κ3) is 3.59. The first-order chi connectivity index (χ1) is 8.57. The zero-order valence-electron chi connectivity index (χ0n) is 12.0. The van der Waals surface area contributed by atoms with E-state index in [2.05, 4.69) is 24.1 Å². The van der Waals surface area contributed by atoms with Gasteiger partial charge in [-0.25, -0.2) is 4.79 Å². The second kappa shape index (κ2) is 6.95. The highest BCUT2D eigenvalue weighted by Gasteiger charge is 2.42. The van der Waals surface area contributed by atoms with Gasteiger partial charge in [-0.3, -0.25) is 4.90 Å². The number of hydrogen-bond donors (Lipinski definition) is 1. The van der Waals surface area contributed by atoms with Crippen LogP contribution in [0.5, 0.6) is 0 Å². The largest absolute Gasteiger partial charge is 0.448 e. The monoisotopic (exact) mass is 258 g/mol. The smallest absolute Gasteiger partial charge is 0.406 e. The molecule has 0 bridgehead atoms. The lowest BCUT2D eigenvalue weighted by atomic mass is 10.0. The number of likely N-dealkylation sites (tertiary alicyclic amines) is 1. The highest BCUT2D eigenvalue weighted by Crippen LogP contribution is 2.34. The van der Waals surface area contributed by atoms with E-state index in [9.17, 15) is 4.79 Å². The van der Waals surface area contributed by atoms with Gasteiger partial charge in [-0.1, -0.05) is 6.92 Å². The lowest BCUT2D eigenvalue weighted by Gasteiger charge is -2.37. The van der Waals surface area contributed by atoms with Gasteiger partial charge >= 0.3 is 6.09 Å². The molecule has 1 heterocycles. The number of nitrogens with one attached hydrogen (secondary N) is 1. The van der Waals surface area contributed by atoms with Gasteiger partial charge in [-0.05, 0) is 32.7 Å². The Bertz CT molecular complexity index is 273. The van der Waals surface area contributed by atoms with Crippen LogP contribution < -0.4 is 5.32 Å². The van der Waals surface area contributed by atoms with Crippen LogP contribution in [-0.4, -0.2) is 56.5 Å². The van der Waals surface area contributed by atoms with Gasteiger partial charge in [0, 0.05) is 25.7 Å². The molecule has 1 amide bonds. The number of rotatable bonds is 6. The summed E-state index contributed by atoms with van der Waals surface area (Å²) in [6.07, 6.45) is 2.88. The van der Waals surface area contributed by atoms with Crippen LogP contribution in [0, 0.1) is 0 Å². The molecule has 2 atom stereocenters. The number of ether oxygens (including phenoxy) is 2. The Labute approximate surface area is 110 Å². The molecule has 18 heavy (non-hydrogen) atoms. The molecule has 0 unspecified atom stereocenters. The molecule has 0 saturated carbocycles. The standard InChI is InChI=1S/C13H26N2O3/c1-5-8-15-11(9-18-12(16)14-3)6-7-13(15,2)10-17-4/h11H,5-10H2,1-4H3,(H,14,16)/t11-,13-/m1/s1. The molecule has 0 aromatic carbocycles.